The third-order valence-electron chi connectivity index (χ3n) is 5.81. The lowest BCUT2D eigenvalue weighted by Crippen LogP contribution is -2.31. The monoisotopic (exact) mass is 386 g/mol. The van der Waals surface area contributed by atoms with E-state index in [-0.39, 0.29) is 24.0 Å². The minimum atomic E-state index is -0.532. The van der Waals surface area contributed by atoms with Gasteiger partial charge in [0.15, 0.2) is 0 Å². The predicted molar refractivity (Wildman–Crippen MR) is 115 cm³/mol. The standard InChI is InChI=1S/C22H42N2O.ClH/c1-2-3-4-5-6-7-8-9-10-11-12-13-14-15-16-17-20(25)22(18-19-22)21(23)24;/h2-19H2,1H3,(H3,23,24);1H. The van der Waals surface area contributed by atoms with Crippen molar-refractivity contribution >= 4 is 24.0 Å². The van der Waals surface area contributed by atoms with Crippen molar-refractivity contribution in [2.45, 2.75) is 122 Å². The zero-order valence-electron chi connectivity index (χ0n) is 17.1. The highest BCUT2D eigenvalue weighted by molar-refractivity contribution is 6.09. The lowest BCUT2D eigenvalue weighted by atomic mass is 9.95. The van der Waals surface area contributed by atoms with E-state index >= 15 is 0 Å². The number of nitrogens with two attached hydrogens (primary N) is 1. The van der Waals surface area contributed by atoms with E-state index in [0.717, 1.165) is 25.7 Å². The Labute approximate surface area is 168 Å². The maximum Gasteiger partial charge on any atom is 0.146 e. The Morgan fingerprint density at radius 2 is 1.12 bits per heavy atom. The summed E-state index contributed by atoms with van der Waals surface area (Å²) in [5, 5.41) is 7.54. The van der Waals surface area contributed by atoms with Crippen molar-refractivity contribution in [3.63, 3.8) is 0 Å². The van der Waals surface area contributed by atoms with Gasteiger partial charge in [-0.05, 0) is 19.3 Å². The average Bonchev–Trinajstić information content (AvgIpc) is 3.40. The molecule has 3 nitrogen and oxygen atoms in total. The van der Waals surface area contributed by atoms with Crippen LogP contribution in [-0.2, 0) is 4.79 Å². The molecule has 0 bridgehead atoms. The molecule has 0 spiro atoms. The third kappa shape index (κ3) is 10.5. The molecule has 1 saturated carbocycles. The molecule has 4 heteroatoms. The fraction of sp³-hybridized carbons (Fsp3) is 0.909. The molecule has 0 aliphatic heterocycles. The highest BCUT2D eigenvalue weighted by Gasteiger charge is 2.51. The number of rotatable bonds is 18. The summed E-state index contributed by atoms with van der Waals surface area (Å²) >= 11 is 0. The van der Waals surface area contributed by atoms with Crippen LogP contribution in [0.4, 0.5) is 0 Å². The fourth-order valence-electron chi connectivity index (χ4n) is 3.72. The van der Waals surface area contributed by atoms with Gasteiger partial charge in [-0.2, -0.15) is 0 Å². The predicted octanol–water partition coefficient (Wildman–Crippen LogP) is 6.95. The molecule has 1 fully saturated rings. The second kappa shape index (κ2) is 15.5. The summed E-state index contributed by atoms with van der Waals surface area (Å²) in [7, 11) is 0. The molecule has 0 aromatic carbocycles. The topological polar surface area (TPSA) is 66.9 Å². The van der Waals surface area contributed by atoms with Crippen LogP contribution in [0.2, 0.25) is 0 Å². The summed E-state index contributed by atoms with van der Waals surface area (Å²) in [6.45, 7) is 2.28. The van der Waals surface area contributed by atoms with Crippen molar-refractivity contribution in [3.8, 4) is 0 Å². The first-order chi connectivity index (χ1) is 12.1. The van der Waals surface area contributed by atoms with E-state index in [0.29, 0.717) is 6.42 Å². The molecule has 0 radical (unpaired) electrons. The zero-order valence-corrected chi connectivity index (χ0v) is 17.9. The molecular formula is C22H43ClN2O. The van der Waals surface area contributed by atoms with Crippen molar-refractivity contribution in [2.75, 3.05) is 0 Å². The van der Waals surface area contributed by atoms with Crippen LogP contribution in [0.25, 0.3) is 0 Å². The van der Waals surface area contributed by atoms with Crippen LogP contribution in [0, 0.1) is 10.8 Å². The van der Waals surface area contributed by atoms with Gasteiger partial charge in [0.05, 0.1) is 5.41 Å². The number of Topliss-reactive ketones (excluding diaryl/α,β-unsaturated/α-hetero) is 1. The van der Waals surface area contributed by atoms with E-state index in [2.05, 4.69) is 6.92 Å². The molecule has 3 N–H and O–H groups in total. The summed E-state index contributed by atoms with van der Waals surface area (Å²) < 4.78 is 0. The van der Waals surface area contributed by atoms with E-state index in [1.165, 1.54) is 83.5 Å². The van der Waals surface area contributed by atoms with Gasteiger partial charge in [-0.3, -0.25) is 10.2 Å². The molecule has 1 rings (SSSR count). The second-order valence-electron chi connectivity index (χ2n) is 8.12. The number of nitrogens with one attached hydrogen (secondary N) is 1. The number of hydrogen-bond donors (Lipinski definition) is 2. The van der Waals surface area contributed by atoms with Crippen LogP contribution < -0.4 is 5.73 Å². The number of hydrogen-bond acceptors (Lipinski definition) is 2. The number of ketones is 1. The molecule has 26 heavy (non-hydrogen) atoms. The van der Waals surface area contributed by atoms with E-state index in [9.17, 15) is 4.79 Å². The Balaban J connectivity index is 0.00000625. The summed E-state index contributed by atoms with van der Waals surface area (Å²) in [5.41, 5.74) is 5.02. The Hall–Kier alpha value is -0.570. The van der Waals surface area contributed by atoms with Gasteiger partial charge in [-0.1, -0.05) is 96.8 Å². The van der Waals surface area contributed by atoms with Crippen LogP contribution in [0.3, 0.4) is 0 Å². The van der Waals surface area contributed by atoms with Crippen molar-refractivity contribution in [1.82, 2.24) is 0 Å². The van der Waals surface area contributed by atoms with E-state index in [1.807, 2.05) is 0 Å². The Morgan fingerprint density at radius 3 is 1.42 bits per heavy atom. The molecular weight excluding hydrogens is 344 g/mol. The van der Waals surface area contributed by atoms with Crippen LogP contribution in [0.15, 0.2) is 0 Å². The molecule has 0 atom stereocenters. The largest absolute Gasteiger partial charge is 0.387 e. The first-order valence-corrected chi connectivity index (χ1v) is 11.0. The van der Waals surface area contributed by atoms with Gasteiger partial charge in [0, 0.05) is 6.42 Å². The van der Waals surface area contributed by atoms with Crippen LogP contribution >= 0.6 is 12.4 Å². The quantitative estimate of drug-likeness (QED) is 0.152. The maximum absolute atomic E-state index is 12.1. The Kier molecular flexibility index (Phi) is 15.1. The number of halogens is 1. The lowest BCUT2D eigenvalue weighted by molar-refractivity contribution is -0.122. The number of unbranched alkanes of at least 4 members (excludes halogenated alkanes) is 14. The summed E-state index contributed by atoms with van der Waals surface area (Å²) in [6, 6.07) is 0. The molecule has 1 aliphatic rings. The normalized spacial score (nSPS) is 14.7. The molecule has 0 saturated heterocycles. The molecule has 0 aromatic rings. The average molecular weight is 387 g/mol. The number of amidine groups is 1. The van der Waals surface area contributed by atoms with Gasteiger partial charge in [0.1, 0.15) is 11.6 Å². The summed E-state index contributed by atoms with van der Waals surface area (Å²) in [5.74, 6) is 0.313. The van der Waals surface area contributed by atoms with Crippen molar-refractivity contribution in [2.24, 2.45) is 11.1 Å². The summed E-state index contributed by atoms with van der Waals surface area (Å²) in [6.07, 6.45) is 22.4. The van der Waals surface area contributed by atoms with Crippen molar-refractivity contribution < 1.29 is 4.79 Å². The first-order valence-electron chi connectivity index (χ1n) is 11.0. The number of carbonyl (C=O) groups excluding carboxylic acids is 1. The Morgan fingerprint density at radius 1 is 0.769 bits per heavy atom. The molecule has 0 aromatic heterocycles. The summed E-state index contributed by atoms with van der Waals surface area (Å²) in [4.78, 5) is 12.1. The fourth-order valence-corrected chi connectivity index (χ4v) is 3.72. The van der Waals surface area contributed by atoms with Gasteiger partial charge in [0.2, 0.25) is 0 Å². The smallest absolute Gasteiger partial charge is 0.146 e. The maximum atomic E-state index is 12.1. The SMILES string of the molecule is CCCCCCCCCCCCCCCCCC(=O)C1(C(=N)N)CC1.Cl. The molecule has 154 valence electrons. The third-order valence-corrected chi connectivity index (χ3v) is 5.81. The minimum absolute atomic E-state index is 0. The molecule has 1 aliphatic carbocycles. The van der Waals surface area contributed by atoms with Gasteiger partial charge < -0.3 is 5.73 Å². The van der Waals surface area contributed by atoms with Gasteiger partial charge in [-0.15, -0.1) is 12.4 Å². The highest BCUT2D eigenvalue weighted by atomic mass is 35.5. The van der Waals surface area contributed by atoms with Gasteiger partial charge >= 0.3 is 0 Å². The van der Waals surface area contributed by atoms with Crippen LogP contribution in [0.1, 0.15) is 122 Å². The van der Waals surface area contributed by atoms with Gasteiger partial charge in [-0.25, -0.2) is 0 Å². The van der Waals surface area contributed by atoms with E-state index in [4.69, 9.17) is 11.1 Å². The second-order valence-corrected chi connectivity index (χ2v) is 8.12. The van der Waals surface area contributed by atoms with E-state index in [1.54, 1.807) is 0 Å². The molecule has 0 amide bonds. The zero-order chi connectivity index (χ0) is 18.4. The van der Waals surface area contributed by atoms with Crippen LogP contribution in [-0.4, -0.2) is 11.6 Å². The Bertz CT molecular complexity index is 380. The highest BCUT2D eigenvalue weighted by Crippen LogP contribution is 2.47. The molecule has 0 unspecified atom stereocenters. The number of carbonyl (C=O) groups is 1. The van der Waals surface area contributed by atoms with Crippen molar-refractivity contribution in [1.29, 1.82) is 5.41 Å². The first kappa shape index (κ1) is 25.4. The lowest BCUT2D eigenvalue weighted by Gasteiger charge is -2.11. The van der Waals surface area contributed by atoms with E-state index < -0.39 is 5.41 Å². The minimum Gasteiger partial charge on any atom is -0.387 e. The van der Waals surface area contributed by atoms with Crippen LogP contribution in [0.5, 0.6) is 0 Å². The molecule has 0 heterocycles. The van der Waals surface area contributed by atoms with Crippen molar-refractivity contribution in [3.05, 3.63) is 0 Å². The van der Waals surface area contributed by atoms with Gasteiger partial charge in [0.25, 0.3) is 0 Å².